The molecule has 1 heterocycles. The number of anilines is 1. The first kappa shape index (κ1) is 13.4. The highest BCUT2D eigenvalue weighted by Crippen LogP contribution is 2.19. The summed E-state index contributed by atoms with van der Waals surface area (Å²) in [5, 5.41) is 2.91. The maximum Gasteiger partial charge on any atom is 0.264 e. The van der Waals surface area contributed by atoms with E-state index in [1.54, 1.807) is 6.92 Å². The molecule has 7 heteroatoms. The van der Waals surface area contributed by atoms with E-state index in [0.717, 1.165) is 11.3 Å². The molecule has 0 spiro atoms. The first-order valence-electron chi connectivity index (χ1n) is 5.16. The predicted octanol–water partition coefficient (Wildman–Crippen LogP) is 0.273. The number of hydrogen-bond donors (Lipinski definition) is 3. The number of carbonyl (C=O) groups is 2. The number of nitrogens with one attached hydrogen (secondary N) is 1. The van der Waals surface area contributed by atoms with Crippen molar-refractivity contribution >= 4 is 28.3 Å². The van der Waals surface area contributed by atoms with Crippen molar-refractivity contribution in [3.05, 3.63) is 10.6 Å². The number of aryl methyl sites for hydroxylation is 1. The van der Waals surface area contributed by atoms with Gasteiger partial charge in [0.05, 0.1) is 5.69 Å². The molecule has 0 saturated carbocycles. The van der Waals surface area contributed by atoms with Gasteiger partial charge in [-0.05, 0) is 12.8 Å². The molecule has 0 bridgehead atoms. The molecule has 94 valence electrons. The van der Waals surface area contributed by atoms with E-state index in [1.165, 1.54) is 0 Å². The van der Waals surface area contributed by atoms with E-state index in [4.69, 9.17) is 11.5 Å². The van der Waals surface area contributed by atoms with Crippen LogP contribution in [0.3, 0.4) is 0 Å². The third-order valence-corrected chi connectivity index (χ3v) is 3.26. The van der Waals surface area contributed by atoms with Crippen LogP contribution in [0, 0.1) is 12.8 Å². The number of rotatable bonds is 4. The zero-order chi connectivity index (χ0) is 13.2. The van der Waals surface area contributed by atoms with Crippen LogP contribution in [0.1, 0.15) is 29.2 Å². The topological polar surface area (TPSA) is 111 Å². The minimum absolute atomic E-state index is 0.0676. The monoisotopic (exact) mass is 256 g/mol. The largest absolute Gasteiger partial charge is 0.375 e. The van der Waals surface area contributed by atoms with Crippen molar-refractivity contribution < 1.29 is 9.59 Å². The fraction of sp³-hybridized carbons (Fsp3) is 0.500. The first-order valence-corrected chi connectivity index (χ1v) is 5.97. The molecular weight excluding hydrogens is 240 g/mol. The lowest BCUT2D eigenvalue weighted by molar-refractivity contribution is -0.120. The number of nitrogens with two attached hydrogens (primary N) is 2. The summed E-state index contributed by atoms with van der Waals surface area (Å²) in [4.78, 5) is 27.4. The molecule has 17 heavy (non-hydrogen) atoms. The van der Waals surface area contributed by atoms with Crippen LogP contribution in [0.25, 0.3) is 0 Å². The van der Waals surface area contributed by atoms with Gasteiger partial charge in [-0.15, -0.1) is 0 Å². The summed E-state index contributed by atoms with van der Waals surface area (Å²) in [7, 11) is 0. The van der Waals surface area contributed by atoms with Gasteiger partial charge in [-0.1, -0.05) is 25.2 Å². The highest BCUT2D eigenvalue weighted by molar-refractivity contribution is 7.17. The smallest absolute Gasteiger partial charge is 0.264 e. The van der Waals surface area contributed by atoms with Gasteiger partial charge >= 0.3 is 0 Å². The van der Waals surface area contributed by atoms with Crippen LogP contribution in [0.2, 0.25) is 0 Å². The molecule has 0 aliphatic rings. The van der Waals surface area contributed by atoms with Crippen LogP contribution in [-0.4, -0.2) is 22.8 Å². The third-order valence-electron chi connectivity index (χ3n) is 2.28. The Balaban J connectivity index is 2.85. The predicted molar refractivity (Wildman–Crippen MR) is 66.6 cm³/mol. The molecule has 0 aliphatic carbocycles. The lowest BCUT2D eigenvalue weighted by Gasteiger charge is -2.18. The summed E-state index contributed by atoms with van der Waals surface area (Å²) in [5.41, 5.74) is 11.3. The van der Waals surface area contributed by atoms with E-state index in [9.17, 15) is 9.59 Å². The van der Waals surface area contributed by atoms with E-state index < -0.39 is 11.9 Å². The molecule has 5 N–H and O–H groups in total. The Hall–Kier alpha value is -1.63. The highest BCUT2D eigenvalue weighted by Gasteiger charge is 2.24. The van der Waals surface area contributed by atoms with Crippen LogP contribution in [0.15, 0.2) is 0 Å². The van der Waals surface area contributed by atoms with Crippen LogP contribution in [-0.2, 0) is 4.79 Å². The Labute approximate surface area is 103 Å². The fourth-order valence-electron chi connectivity index (χ4n) is 1.40. The molecule has 1 aromatic heterocycles. The summed E-state index contributed by atoms with van der Waals surface area (Å²) < 4.78 is 0. The number of aromatic nitrogens is 1. The SMILES string of the molecule is Cc1nc(N)sc1C(=O)NC(C(N)=O)C(C)C. The van der Waals surface area contributed by atoms with E-state index in [0.29, 0.717) is 15.7 Å². The van der Waals surface area contributed by atoms with Crippen molar-refractivity contribution in [1.82, 2.24) is 10.3 Å². The minimum Gasteiger partial charge on any atom is -0.375 e. The van der Waals surface area contributed by atoms with Crippen LogP contribution in [0.4, 0.5) is 5.13 Å². The second-order valence-corrected chi connectivity index (χ2v) is 5.09. The van der Waals surface area contributed by atoms with Gasteiger partial charge in [0, 0.05) is 0 Å². The number of carbonyl (C=O) groups excluding carboxylic acids is 2. The number of thiazole rings is 1. The normalized spacial score (nSPS) is 12.5. The Morgan fingerprint density at radius 1 is 1.41 bits per heavy atom. The van der Waals surface area contributed by atoms with Gasteiger partial charge in [0.15, 0.2) is 5.13 Å². The van der Waals surface area contributed by atoms with Gasteiger partial charge in [0.25, 0.3) is 5.91 Å². The average molecular weight is 256 g/mol. The third kappa shape index (κ3) is 3.16. The average Bonchev–Trinajstić information content (AvgIpc) is 2.53. The lowest BCUT2D eigenvalue weighted by atomic mass is 10.0. The first-order chi connectivity index (χ1) is 7.82. The van der Waals surface area contributed by atoms with Crippen molar-refractivity contribution in [3.8, 4) is 0 Å². The van der Waals surface area contributed by atoms with Gasteiger partial charge < -0.3 is 16.8 Å². The quantitative estimate of drug-likeness (QED) is 0.718. The summed E-state index contributed by atoms with van der Waals surface area (Å²) >= 11 is 1.09. The Morgan fingerprint density at radius 3 is 2.35 bits per heavy atom. The maximum atomic E-state index is 11.9. The van der Waals surface area contributed by atoms with Gasteiger partial charge in [-0.25, -0.2) is 4.98 Å². The molecule has 0 saturated heterocycles. The molecule has 0 aromatic carbocycles. The number of amides is 2. The van der Waals surface area contributed by atoms with Crippen molar-refractivity contribution in [2.75, 3.05) is 5.73 Å². The van der Waals surface area contributed by atoms with Gasteiger partial charge in [-0.3, -0.25) is 9.59 Å². The van der Waals surface area contributed by atoms with E-state index in [1.807, 2.05) is 13.8 Å². The zero-order valence-electron chi connectivity index (χ0n) is 9.98. The molecule has 0 radical (unpaired) electrons. The summed E-state index contributed by atoms with van der Waals surface area (Å²) in [5.74, 6) is -0.986. The van der Waals surface area contributed by atoms with Crippen molar-refractivity contribution in [2.45, 2.75) is 26.8 Å². The minimum atomic E-state index is -0.690. The Bertz CT molecular complexity index is 442. The number of nitrogen functional groups attached to an aromatic ring is 1. The van der Waals surface area contributed by atoms with Crippen LogP contribution < -0.4 is 16.8 Å². The highest BCUT2D eigenvalue weighted by atomic mass is 32.1. The molecule has 1 aromatic rings. The molecule has 1 rings (SSSR count). The number of hydrogen-bond acceptors (Lipinski definition) is 5. The Kier molecular flexibility index (Phi) is 4.06. The van der Waals surface area contributed by atoms with Crippen LogP contribution in [0.5, 0.6) is 0 Å². The second kappa shape index (κ2) is 5.13. The van der Waals surface area contributed by atoms with E-state index in [-0.39, 0.29) is 11.8 Å². The summed E-state index contributed by atoms with van der Waals surface area (Å²) in [6, 6.07) is -0.690. The fourth-order valence-corrected chi connectivity index (χ4v) is 2.14. The molecule has 2 amide bonds. The summed E-state index contributed by atoms with van der Waals surface area (Å²) in [6.07, 6.45) is 0. The van der Waals surface area contributed by atoms with Crippen LogP contribution >= 0.6 is 11.3 Å². The maximum absolute atomic E-state index is 11.9. The van der Waals surface area contributed by atoms with Gasteiger partial charge in [0.2, 0.25) is 5.91 Å². The lowest BCUT2D eigenvalue weighted by Crippen LogP contribution is -2.47. The molecular formula is C10H16N4O2S. The summed E-state index contributed by atoms with van der Waals surface area (Å²) in [6.45, 7) is 5.31. The molecule has 1 unspecified atom stereocenters. The second-order valence-electron chi connectivity index (χ2n) is 4.06. The van der Waals surface area contributed by atoms with Gasteiger partial charge in [-0.2, -0.15) is 0 Å². The molecule has 1 atom stereocenters. The number of nitrogens with zero attached hydrogens (tertiary/aromatic N) is 1. The molecule has 0 aliphatic heterocycles. The molecule has 6 nitrogen and oxygen atoms in total. The van der Waals surface area contributed by atoms with Crippen molar-refractivity contribution in [2.24, 2.45) is 11.7 Å². The van der Waals surface area contributed by atoms with Crippen molar-refractivity contribution in [1.29, 1.82) is 0 Å². The van der Waals surface area contributed by atoms with E-state index >= 15 is 0 Å². The van der Waals surface area contributed by atoms with Gasteiger partial charge in [0.1, 0.15) is 10.9 Å². The van der Waals surface area contributed by atoms with E-state index in [2.05, 4.69) is 10.3 Å². The molecule has 0 fully saturated rings. The Morgan fingerprint density at radius 2 is 2.00 bits per heavy atom. The number of primary amides is 1. The standard InChI is InChI=1S/C10H16N4O2S/c1-4(2)6(8(11)15)14-9(16)7-5(3)13-10(12)17-7/h4,6H,1-3H3,(H2,11,15)(H2,12,13)(H,14,16). The van der Waals surface area contributed by atoms with Crippen molar-refractivity contribution in [3.63, 3.8) is 0 Å². The zero-order valence-corrected chi connectivity index (χ0v) is 10.8.